The molecule has 3 aromatic rings. The van der Waals surface area contributed by atoms with Gasteiger partial charge in [0.05, 0.1) is 27.4 Å². The summed E-state index contributed by atoms with van der Waals surface area (Å²) < 4.78 is 14.3. The summed E-state index contributed by atoms with van der Waals surface area (Å²) >= 11 is 6.89. The van der Waals surface area contributed by atoms with Crippen molar-refractivity contribution in [2.24, 2.45) is 0 Å². The normalized spacial score (nSPS) is 23.5. The number of nitrogens with one attached hydrogen (secondary N) is 3. The summed E-state index contributed by atoms with van der Waals surface area (Å²) in [6.07, 6.45) is 16.7. The third-order valence-electron chi connectivity index (χ3n) is 14.2. The first-order valence-corrected chi connectivity index (χ1v) is 22.3. The van der Waals surface area contributed by atoms with E-state index in [0.717, 1.165) is 88.4 Å². The Balaban J connectivity index is 0.000000134. The van der Waals surface area contributed by atoms with Crippen LogP contribution in [-0.2, 0) is 39.9 Å². The van der Waals surface area contributed by atoms with Gasteiger partial charge in [0.25, 0.3) is 0 Å². The molecule has 3 amide bonds. The molecule has 0 radical (unpaired) electrons. The minimum absolute atomic E-state index is 0. The molecular weight excluding hydrogens is 869 g/mol. The van der Waals surface area contributed by atoms with Crippen molar-refractivity contribution in [3.05, 3.63) is 80.2 Å². The Morgan fingerprint density at radius 1 is 0.491 bits per heavy atom. The van der Waals surface area contributed by atoms with Gasteiger partial charge in [0.1, 0.15) is 0 Å². The monoisotopic (exact) mass is 921 g/mol. The van der Waals surface area contributed by atoms with Gasteiger partial charge in [-0.1, -0.05) is 114 Å². The summed E-state index contributed by atoms with van der Waals surface area (Å²) in [6.45, 7) is 8.22. The smallest absolute Gasteiger partial charge is 0.399 e. The Morgan fingerprint density at radius 2 is 0.807 bits per heavy atom. The molecule has 0 aromatic heterocycles. The number of hydrogen-bond acceptors (Lipinski definition) is 5. The standard InChI is InChI=1S/C19H26BNO3.2C13H14BrNO.ClH/c1-17(2)18(3,4)24-20(23-17)13-8-9-14-15(12-13)21-16(22)19(14)10-6-5-7-11-19;2*14-9-4-5-10-11(8-9)15-12(16)13(10)6-2-1-3-7-13;/h8-9,12H,5-7,10-11H2,1-4H3,(H,21,22);2*4-5,8H,1-3,6-7H2,(H,15,16);1H. The van der Waals surface area contributed by atoms with Crippen molar-refractivity contribution >= 4 is 91.6 Å². The van der Waals surface area contributed by atoms with E-state index in [0.29, 0.717) is 0 Å². The van der Waals surface area contributed by atoms with E-state index < -0.39 is 0 Å². The molecule has 4 aliphatic heterocycles. The summed E-state index contributed by atoms with van der Waals surface area (Å²) in [6, 6.07) is 18.5. The van der Waals surface area contributed by atoms with Crippen LogP contribution in [0.4, 0.5) is 17.1 Å². The fourth-order valence-corrected chi connectivity index (χ4v) is 11.1. The molecule has 3 spiro atoms. The zero-order chi connectivity index (χ0) is 39.5. The zero-order valence-electron chi connectivity index (χ0n) is 33.6. The molecule has 3 N–H and O–H groups in total. The SMILES string of the molecule is CC1(C)OB(c2ccc3c(c2)NC(=O)C32CCCCC2)OC1(C)C.Cl.O=C1Nc2cc(Br)ccc2C12CCCCC2.O=C1Nc2cc(Br)ccc2C12CCCCC2. The van der Waals surface area contributed by atoms with Crippen LogP contribution >= 0.6 is 44.3 Å². The highest BCUT2D eigenvalue weighted by molar-refractivity contribution is 9.10. The lowest BCUT2D eigenvalue weighted by Gasteiger charge is -2.32. The molecule has 0 atom stereocenters. The number of carbonyl (C=O) groups excluding carboxylic acids is 3. The molecule has 0 unspecified atom stereocenters. The molecule has 0 bridgehead atoms. The van der Waals surface area contributed by atoms with Crippen molar-refractivity contribution in [3.8, 4) is 0 Å². The summed E-state index contributed by atoms with van der Waals surface area (Å²) in [7, 11) is -0.389. The lowest BCUT2D eigenvalue weighted by molar-refractivity contribution is -0.122. The number of fused-ring (bicyclic) bond motifs is 6. The Morgan fingerprint density at radius 3 is 1.16 bits per heavy atom. The maximum atomic E-state index is 12.7. The molecule has 57 heavy (non-hydrogen) atoms. The molecule has 304 valence electrons. The first kappa shape index (κ1) is 42.4. The van der Waals surface area contributed by atoms with Crippen LogP contribution in [-0.4, -0.2) is 36.0 Å². The third-order valence-corrected chi connectivity index (χ3v) is 15.2. The van der Waals surface area contributed by atoms with Gasteiger partial charge in [-0.2, -0.15) is 0 Å². The Hall–Kier alpha value is -2.70. The summed E-state index contributed by atoms with van der Waals surface area (Å²) in [5, 5.41) is 9.17. The van der Waals surface area contributed by atoms with E-state index in [1.165, 1.54) is 56.1 Å². The number of anilines is 3. The highest BCUT2D eigenvalue weighted by atomic mass is 79.9. The van der Waals surface area contributed by atoms with Crippen molar-refractivity contribution in [2.75, 3.05) is 16.0 Å². The van der Waals surface area contributed by atoms with E-state index in [2.05, 4.69) is 99.8 Å². The van der Waals surface area contributed by atoms with E-state index in [4.69, 9.17) is 9.31 Å². The fourth-order valence-electron chi connectivity index (χ4n) is 10.3. The number of carbonyl (C=O) groups is 3. The lowest BCUT2D eigenvalue weighted by Crippen LogP contribution is -2.41. The van der Waals surface area contributed by atoms with Crippen LogP contribution < -0.4 is 21.4 Å². The Bertz CT molecular complexity index is 1950. The molecule has 4 heterocycles. The maximum absolute atomic E-state index is 12.7. The van der Waals surface area contributed by atoms with Crippen LogP contribution in [0.25, 0.3) is 0 Å². The average molecular weight is 924 g/mol. The molecule has 10 rings (SSSR count). The minimum Gasteiger partial charge on any atom is -0.399 e. The van der Waals surface area contributed by atoms with Crippen molar-refractivity contribution < 1.29 is 23.7 Å². The summed E-state index contributed by atoms with van der Waals surface area (Å²) in [5.41, 5.74) is 6.05. The largest absolute Gasteiger partial charge is 0.494 e. The lowest BCUT2D eigenvalue weighted by atomic mass is 9.69. The zero-order valence-corrected chi connectivity index (χ0v) is 37.6. The van der Waals surface area contributed by atoms with E-state index in [9.17, 15) is 14.4 Å². The highest BCUT2D eigenvalue weighted by Crippen LogP contribution is 2.50. The Kier molecular flexibility index (Phi) is 12.0. The first-order valence-electron chi connectivity index (χ1n) is 20.7. The van der Waals surface area contributed by atoms with Crippen molar-refractivity contribution in [2.45, 2.75) is 151 Å². The number of amides is 3. The molecule has 12 heteroatoms. The van der Waals surface area contributed by atoms with Crippen LogP contribution in [0.5, 0.6) is 0 Å². The fraction of sp³-hybridized carbons (Fsp3) is 0.533. The predicted octanol–water partition coefficient (Wildman–Crippen LogP) is 10.8. The molecule has 4 fully saturated rings. The van der Waals surface area contributed by atoms with Crippen LogP contribution in [0.15, 0.2) is 63.5 Å². The van der Waals surface area contributed by atoms with Crippen LogP contribution in [0, 0.1) is 0 Å². The quantitative estimate of drug-likeness (QED) is 0.211. The minimum atomic E-state index is -0.389. The van der Waals surface area contributed by atoms with Gasteiger partial charge in [0.2, 0.25) is 17.7 Å². The van der Waals surface area contributed by atoms with Gasteiger partial charge < -0.3 is 25.3 Å². The molecule has 3 aliphatic carbocycles. The topological polar surface area (TPSA) is 106 Å². The van der Waals surface area contributed by atoms with Gasteiger partial charge in [0, 0.05) is 26.0 Å². The number of halogens is 3. The van der Waals surface area contributed by atoms with Crippen molar-refractivity contribution in [1.82, 2.24) is 0 Å². The van der Waals surface area contributed by atoms with Crippen molar-refractivity contribution in [1.29, 1.82) is 0 Å². The van der Waals surface area contributed by atoms with Gasteiger partial charge in [-0.25, -0.2) is 0 Å². The number of hydrogen-bond donors (Lipinski definition) is 3. The van der Waals surface area contributed by atoms with Gasteiger partial charge in [-0.3, -0.25) is 14.4 Å². The van der Waals surface area contributed by atoms with Crippen molar-refractivity contribution in [3.63, 3.8) is 0 Å². The van der Waals surface area contributed by atoms with E-state index in [1.807, 2.05) is 30.3 Å². The van der Waals surface area contributed by atoms with Gasteiger partial charge >= 0.3 is 7.12 Å². The molecule has 3 aromatic carbocycles. The number of rotatable bonds is 1. The summed E-state index contributed by atoms with van der Waals surface area (Å²) in [4.78, 5) is 37.1. The summed E-state index contributed by atoms with van der Waals surface area (Å²) in [5.74, 6) is 0.587. The van der Waals surface area contributed by atoms with E-state index in [-0.39, 0.29) is 64.7 Å². The molecule has 1 saturated heterocycles. The average Bonchev–Trinajstić information content (AvgIpc) is 3.77. The first-order chi connectivity index (χ1) is 26.7. The highest BCUT2D eigenvalue weighted by Gasteiger charge is 2.53. The molecular formula is C45H55BBr2ClN3O5. The molecule has 8 nitrogen and oxygen atoms in total. The second kappa shape index (κ2) is 16.1. The third kappa shape index (κ3) is 7.44. The Labute approximate surface area is 361 Å². The van der Waals surface area contributed by atoms with Gasteiger partial charge in [-0.15, -0.1) is 12.4 Å². The predicted molar refractivity (Wildman–Crippen MR) is 238 cm³/mol. The van der Waals surface area contributed by atoms with E-state index >= 15 is 0 Å². The second-order valence-corrected chi connectivity index (χ2v) is 19.9. The van der Waals surface area contributed by atoms with Crippen LogP contribution in [0.2, 0.25) is 0 Å². The second-order valence-electron chi connectivity index (χ2n) is 18.1. The van der Waals surface area contributed by atoms with Gasteiger partial charge in [-0.05, 0) is 119 Å². The number of benzene rings is 3. The molecule has 3 saturated carbocycles. The van der Waals surface area contributed by atoms with Crippen LogP contribution in [0.3, 0.4) is 0 Å². The maximum Gasteiger partial charge on any atom is 0.494 e. The van der Waals surface area contributed by atoms with Gasteiger partial charge in [0.15, 0.2) is 0 Å². The van der Waals surface area contributed by atoms with E-state index in [1.54, 1.807) is 0 Å². The molecule has 7 aliphatic rings. The van der Waals surface area contributed by atoms with Crippen LogP contribution in [0.1, 0.15) is 141 Å².